The van der Waals surface area contributed by atoms with E-state index in [1.54, 1.807) is 0 Å². The van der Waals surface area contributed by atoms with E-state index in [2.05, 4.69) is 70.0 Å². The SMILES string of the molecule is CN(C)Cc1cc2n(n1)CCCN(Cc1cccc(-c3ccccn3)c1)C2. The number of pyridine rings is 1. The van der Waals surface area contributed by atoms with Crippen LogP contribution in [0.4, 0.5) is 0 Å². The topological polar surface area (TPSA) is 37.2 Å². The van der Waals surface area contributed by atoms with Crippen molar-refractivity contribution < 1.29 is 0 Å². The van der Waals surface area contributed by atoms with Crippen LogP contribution in [0.5, 0.6) is 0 Å². The molecule has 0 unspecified atom stereocenters. The van der Waals surface area contributed by atoms with Crippen molar-refractivity contribution in [1.82, 2.24) is 24.6 Å². The molecular weight excluding hydrogens is 334 g/mol. The summed E-state index contributed by atoms with van der Waals surface area (Å²) in [6, 6.07) is 17.1. The Morgan fingerprint density at radius 2 is 1.96 bits per heavy atom. The quantitative estimate of drug-likeness (QED) is 0.698. The highest BCUT2D eigenvalue weighted by Gasteiger charge is 2.17. The van der Waals surface area contributed by atoms with E-state index in [1.807, 2.05) is 18.3 Å². The molecule has 0 saturated carbocycles. The van der Waals surface area contributed by atoms with Crippen molar-refractivity contribution in [2.45, 2.75) is 32.6 Å². The maximum Gasteiger partial charge on any atom is 0.0767 e. The Hall–Kier alpha value is -2.50. The first-order valence-electron chi connectivity index (χ1n) is 9.60. The zero-order chi connectivity index (χ0) is 18.6. The lowest BCUT2D eigenvalue weighted by Gasteiger charge is -2.20. The predicted molar refractivity (Wildman–Crippen MR) is 108 cm³/mol. The molecule has 0 spiro atoms. The third-order valence-electron chi connectivity index (χ3n) is 4.92. The van der Waals surface area contributed by atoms with E-state index in [0.717, 1.165) is 50.5 Å². The van der Waals surface area contributed by atoms with E-state index in [1.165, 1.54) is 16.8 Å². The molecule has 5 heteroatoms. The lowest BCUT2D eigenvalue weighted by atomic mass is 10.1. The number of rotatable bonds is 5. The van der Waals surface area contributed by atoms with Gasteiger partial charge >= 0.3 is 0 Å². The molecule has 0 atom stereocenters. The summed E-state index contributed by atoms with van der Waals surface area (Å²) in [5.41, 5.74) is 6.03. The van der Waals surface area contributed by atoms with Gasteiger partial charge in [-0.15, -0.1) is 0 Å². The van der Waals surface area contributed by atoms with Crippen LogP contribution in [-0.2, 0) is 26.2 Å². The summed E-state index contributed by atoms with van der Waals surface area (Å²) in [4.78, 5) is 9.17. The van der Waals surface area contributed by atoms with Gasteiger partial charge in [0.05, 0.1) is 17.1 Å². The van der Waals surface area contributed by atoms with E-state index in [4.69, 9.17) is 5.10 Å². The standard InChI is InChI=1S/C22H27N5/c1-25(2)16-20-14-21-17-26(11-6-12-27(21)24-20)15-18-7-5-8-19(13-18)22-9-3-4-10-23-22/h3-5,7-10,13-14H,6,11-12,15-17H2,1-2H3. The lowest BCUT2D eigenvalue weighted by molar-refractivity contribution is 0.261. The predicted octanol–water partition coefficient (Wildman–Crippen LogP) is 3.41. The third kappa shape index (κ3) is 4.43. The summed E-state index contributed by atoms with van der Waals surface area (Å²) < 4.78 is 2.20. The van der Waals surface area contributed by atoms with Crippen molar-refractivity contribution in [2.75, 3.05) is 20.6 Å². The van der Waals surface area contributed by atoms with Gasteiger partial charge in [-0.05, 0) is 50.3 Å². The first kappa shape index (κ1) is 17.9. The largest absolute Gasteiger partial charge is 0.304 e. The van der Waals surface area contributed by atoms with Crippen LogP contribution in [0.2, 0.25) is 0 Å². The van der Waals surface area contributed by atoms with E-state index in [-0.39, 0.29) is 0 Å². The van der Waals surface area contributed by atoms with Gasteiger partial charge in [-0.25, -0.2) is 0 Å². The van der Waals surface area contributed by atoms with Crippen LogP contribution in [0, 0.1) is 0 Å². The molecule has 0 aliphatic carbocycles. The molecule has 2 aromatic heterocycles. The average molecular weight is 361 g/mol. The van der Waals surface area contributed by atoms with Crippen molar-refractivity contribution in [1.29, 1.82) is 0 Å². The van der Waals surface area contributed by atoms with Gasteiger partial charge in [-0.1, -0.05) is 24.3 Å². The maximum absolute atomic E-state index is 4.79. The Labute approximate surface area is 161 Å². The number of aryl methyl sites for hydroxylation is 1. The molecule has 0 bridgehead atoms. The fourth-order valence-electron chi connectivity index (χ4n) is 3.75. The van der Waals surface area contributed by atoms with Crippen molar-refractivity contribution in [3.05, 3.63) is 71.7 Å². The molecule has 0 radical (unpaired) electrons. The van der Waals surface area contributed by atoms with Crippen molar-refractivity contribution in [3.8, 4) is 11.3 Å². The molecule has 0 N–H and O–H groups in total. The van der Waals surface area contributed by atoms with Crippen LogP contribution in [0.1, 0.15) is 23.4 Å². The van der Waals surface area contributed by atoms with Crippen LogP contribution in [0.15, 0.2) is 54.7 Å². The molecule has 4 rings (SSSR count). The number of hydrogen-bond donors (Lipinski definition) is 0. The van der Waals surface area contributed by atoms with Crippen molar-refractivity contribution >= 4 is 0 Å². The monoisotopic (exact) mass is 361 g/mol. The molecule has 5 nitrogen and oxygen atoms in total. The second-order valence-electron chi connectivity index (χ2n) is 7.57. The fraction of sp³-hybridized carbons (Fsp3) is 0.364. The van der Waals surface area contributed by atoms with Gasteiger partial charge in [0.25, 0.3) is 0 Å². The summed E-state index contributed by atoms with van der Waals surface area (Å²) in [5.74, 6) is 0. The molecule has 1 aromatic carbocycles. The maximum atomic E-state index is 4.79. The fourth-order valence-corrected chi connectivity index (χ4v) is 3.75. The first-order valence-corrected chi connectivity index (χ1v) is 9.60. The van der Waals surface area contributed by atoms with Gasteiger partial charge in [0.1, 0.15) is 0 Å². The minimum Gasteiger partial charge on any atom is -0.304 e. The number of aromatic nitrogens is 3. The number of nitrogens with zero attached hydrogens (tertiary/aromatic N) is 5. The van der Waals surface area contributed by atoms with Gasteiger partial charge in [-0.3, -0.25) is 14.6 Å². The summed E-state index contributed by atoms with van der Waals surface area (Å²) >= 11 is 0. The molecule has 0 amide bonds. The molecule has 0 fully saturated rings. The first-order chi connectivity index (χ1) is 13.2. The summed E-state index contributed by atoms with van der Waals surface area (Å²) in [6.45, 7) is 4.91. The molecule has 3 aromatic rings. The minimum atomic E-state index is 0.895. The zero-order valence-electron chi connectivity index (χ0n) is 16.2. The van der Waals surface area contributed by atoms with Crippen LogP contribution in [0.25, 0.3) is 11.3 Å². The number of hydrogen-bond acceptors (Lipinski definition) is 4. The highest BCUT2D eigenvalue weighted by molar-refractivity contribution is 5.59. The van der Waals surface area contributed by atoms with Crippen LogP contribution >= 0.6 is 0 Å². The molecular formula is C22H27N5. The molecule has 1 aliphatic heterocycles. The number of fused-ring (bicyclic) bond motifs is 1. The second-order valence-corrected chi connectivity index (χ2v) is 7.57. The van der Waals surface area contributed by atoms with E-state index in [0.29, 0.717) is 0 Å². The Morgan fingerprint density at radius 1 is 1.04 bits per heavy atom. The highest BCUT2D eigenvalue weighted by atomic mass is 15.3. The Morgan fingerprint density at radius 3 is 2.78 bits per heavy atom. The van der Waals surface area contributed by atoms with Gasteiger partial charge in [0.15, 0.2) is 0 Å². The average Bonchev–Trinajstić information content (AvgIpc) is 2.93. The molecule has 140 valence electrons. The summed E-state index contributed by atoms with van der Waals surface area (Å²) in [7, 11) is 4.18. The van der Waals surface area contributed by atoms with Crippen molar-refractivity contribution in [3.63, 3.8) is 0 Å². The summed E-state index contributed by atoms with van der Waals surface area (Å²) in [5, 5.41) is 4.79. The second kappa shape index (κ2) is 8.03. The van der Waals surface area contributed by atoms with Crippen LogP contribution < -0.4 is 0 Å². The smallest absolute Gasteiger partial charge is 0.0767 e. The third-order valence-corrected chi connectivity index (χ3v) is 4.92. The number of benzene rings is 1. The Kier molecular flexibility index (Phi) is 5.32. The van der Waals surface area contributed by atoms with Crippen LogP contribution in [-0.4, -0.2) is 45.2 Å². The van der Waals surface area contributed by atoms with E-state index in [9.17, 15) is 0 Å². The van der Waals surface area contributed by atoms with E-state index >= 15 is 0 Å². The van der Waals surface area contributed by atoms with E-state index < -0.39 is 0 Å². The van der Waals surface area contributed by atoms with Crippen LogP contribution in [0.3, 0.4) is 0 Å². The minimum absolute atomic E-state index is 0.895. The Bertz CT molecular complexity index is 885. The molecule has 3 heterocycles. The molecule has 27 heavy (non-hydrogen) atoms. The molecule has 0 saturated heterocycles. The molecule has 1 aliphatic rings. The van der Waals surface area contributed by atoms with Crippen molar-refractivity contribution in [2.24, 2.45) is 0 Å². The zero-order valence-corrected chi connectivity index (χ0v) is 16.2. The normalized spacial score (nSPS) is 14.9. The van der Waals surface area contributed by atoms with Gasteiger partial charge in [0.2, 0.25) is 0 Å². The van der Waals surface area contributed by atoms with Gasteiger partial charge in [-0.2, -0.15) is 5.10 Å². The van der Waals surface area contributed by atoms with Gasteiger partial charge in [0, 0.05) is 44.5 Å². The summed E-state index contributed by atoms with van der Waals surface area (Å²) in [6.07, 6.45) is 2.99. The highest BCUT2D eigenvalue weighted by Crippen LogP contribution is 2.21. The Balaban J connectivity index is 1.49. The lowest BCUT2D eigenvalue weighted by Crippen LogP contribution is -2.22. The van der Waals surface area contributed by atoms with Gasteiger partial charge < -0.3 is 4.90 Å².